The molecule has 7 nitrogen and oxygen atoms in total. The van der Waals surface area contributed by atoms with Crippen LogP contribution >= 0.6 is 0 Å². The highest BCUT2D eigenvalue weighted by atomic mass is 32.2. The zero-order valence-corrected chi connectivity index (χ0v) is 11.8. The maximum atomic E-state index is 11.6. The quantitative estimate of drug-likeness (QED) is 0.592. The SMILES string of the molecule is CCCS(=O)(=O)NC(C)C(=O)NC(C)(C)C(=O)O. The molecular weight excluding hydrogens is 260 g/mol. The molecule has 8 heteroatoms. The Hall–Kier alpha value is -1.15. The predicted molar refractivity (Wildman–Crippen MR) is 66.5 cm³/mol. The van der Waals surface area contributed by atoms with Crippen molar-refractivity contribution in [1.82, 2.24) is 10.0 Å². The summed E-state index contributed by atoms with van der Waals surface area (Å²) in [4.78, 5) is 22.5. The van der Waals surface area contributed by atoms with Crippen LogP contribution in [-0.4, -0.2) is 42.7 Å². The number of carboxylic acid groups (broad SMARTS) is 1. The minimum atomic E-state index is -3.51. The molecule has 0 aromatic carbocycles. The van der Waals surface area contributed by atoms with Crippen molar-refractivity contribution in [3.05, 3.63) is 0 Å². The summed E-state index contributed by atoms with van der Waals surface area (Å²) < 4.78 is 25.1. The van der Waals surface area contributed by atoms with Crippen molar-refractivity contribution in [2.24, 2.45) is 0 Å². The first-order valence-electron chi connectivity index (χ1n) is 5.57. The average molecular weight is 280 g/mol. The summed E-state index contributed by atoms with van der Waals surface area (Å²) in [6.07, 6.45) is 0.435. The van der Waals surface area contributed by atoms with Crippen molar-refractivity contribution in [2.75, 3.05) is 5.75 Å². The van der Waals surface area contributed by atoms with Crippen LogP contribution in [0.15, 0.2) is 0 Å². The van der Waals surface area contributed by atoms with Crippen molar-refractivity contribution in [1.29, 1.82) is 0 Å². The fraction of sp³-hybridized carbons (Fsp3) is 0.800. The van der Waals surface area contributed by atoms with Crippen LogP contribution in [0.2, 0.25) is 0 Å². The minimum absolute atomic E-state index is 0.0764. The summed E-state index contributed by atoms with van der Waals surface area (Å²) in [5.41, 5.74) is -1.44. The summed E-state index contributed by atoms with van der Waals surface area (Å²) in [5, 5.41) is 11.1. The minimum Gasteiger partial charge on any atom is -0.480 e. The van der Waals surface area contributed by atoms with Gasteiger partial charge in [-0.15, -0.1) is 0 Å². The summed E-state index contributed by atoms with van der Waals surface area (Å²) in [6, 6.07) is -1.01. The Bertz CT molecular complexity index is 416. The van der Waals surface area contributed by atoms with Gasteiger partial charge in [0.05, 0.1) is 11.8 Å². The second-order valence-electron chi connectivity index (χ2n) is 4.58. The molecule has 0 saturated carbocycles. The molecule has 1 atom stereocenters. The Balaban J connectivity index is 4.59. The summed E-state index contributed by atoms with van der Waals surface area (Å²) in [7, 11) is -3.51. The lowest BCUT2D eigenvalue weighted by atomic mass is 10.1. The smallest absolute Gasteiger partial charge is 0.328 e. The van der Waals surface area contributed by atoms with Gasteiger partial charge in [-0.2, -0.15) is 0 Å². The molecule has 0 spiro atoms. The van der Waals surface area contributed by atoms with E-state index in [0.29, 0.717) is 6.42 Å². The topological polar surface area (TPSA) is 113 Å². The van der Waals surface area contributed by atoms with E-state index < -0.39 is 33.5 Å². The first-order valence-corrected chi connectivity index (χ1v) is 7.22. The molecule has 0 aromatic rings. The summed E-state index contributed by atoms with van der Waals surface area (Å²) in [6.45, 7) is 5.71. The normalized spacial score (nSPS) is 14.0. The van der Waals surface area contributed by atoms with E-state index in [1.54, 1.807) is 6.92 Å². The first kappa shape index (κ1) is 16.9. The van der Waals surface area contributed by atoms with Crippen molar-refractivity contribution < 1.29 is 23.1 Å². The number of sulfonamides is 1. The average Bonchev–Trinajstić information content (AvgIpc) is 2.15. The number of carbonyl (C=O) groups excluding carboxylic acids is 1. The van der Waals surface area contributed by atoms with Crippen molar-refractivity contribution in [2.45, 2.75) is 45.7 Å². The molecule has 0 aliphatic carbocycles. The highest BCUT2D eigenvalue weighted by Gasteiger charge is 2.31. The van der Waals surface area contributed by atoms with Crippen LogP contribution < -0.4 is 10.0 Å². The lowest BCUT2D eigenvalue weighted by Crippen LogP contribution is -2.55. The Morgan fingerprint density at radius 2 is 1.83 bits per heavy atom. The molecule has 0 saturated heterocycles. The molecule has 0 rings (SSSR count). The molecule has 0 bridgehead atoms. The first-order chi connectivity index (χ1) is 8.02. The highest BCUT2D eigenvalue weighted by Crippen LogP contribution is 2.03. The molecule has 106 valence electrons. The number of hydrogen-bond donors (Lipinski definition) is 3. The van der Waals surface area contributed by atoms with Gasteiger partial charge in [-0.05, 0) is 27.2 Å². The lowest BCUT2D eigenvalue weighted by molar-refractivity contribution is -0.146. The van der Waals surface area contributed by atoms with Crippen molar-refractivity contribution in [3.63, 3.8) is 0 Å². The van der Waals surface area contributed by atoms with Crippen LogP contribution in [0.5, 0.6) is 0 Å². The molecule has 0 heterocycles. The molecule has 1 unspecified atom stereocenters. The maximum absolute atomic E-state index is 11.6. The lowest BCUT2D eigenvalue weighted by Gasteiger charge is -2.23. The summed E-state index contributed by atoms with van der Waals surface area (Å²) >= 11 is 0. The van der Waals surface area contributed by atoms with E-state index in [1.165, 1.54) is 20.8 Å². The molecule has 18 heavy (non-hydrogen) atoms. The molecule has 3 N–H and O–H groups in total. The third kappa shape index (κ3) is 5.46. The molecule has 0 aliphatic heterocycles. The third-order valence-electron chi connectivity index (χ3n) is 2.19. The number of nitrogens with one attached hydrogen (secondary N) is 2. The second-order valence-corrected chi connectivity index (χ2v) is 6.45. The zero-order valence-electron chi connectivity index (χ0n) is 11.0. The highest BCUT2D eigenvalue weighted by molar-refractivity contribution is 7.89. The molecule has 0 fully saturated rings. The van der Waals surface area contributed by atoms with Gasteiger partial charge < -0.3 is 10.4 Å². The van der Waals surface area contributed by atoms with Gasteiger partial charge in [-0.25, -0.2) is 17.9 Å². The number of hydrogen-bond acceptors (Lipinski definition) is 4. The summed E-state index contributed by atoms with van der Waals surface area (Å²) in [5.74, 6) is -1.95. The number of rotatable bonds is 7. The standard InChI is InChI=1S/C10H20N2O5S/c1-5-6-18(16,17)12-7(2)8(13)11-10(3,4)9(14)15/h7,12H,5-6H2,1-4H3,(H,11,13)(H,14,15). The fourth-order valence-electron chi connectivity index (χ4n) is 1.12. The third-order valence-corrected chi connectivity index (χ3v) is 3.85. The maximum Gasteiger partial charge on any atom is 0.328 e. The van der Waals surface area contributed by atoms with Gasteiger partial charge in [0.1, 0.15) is 5.54 Å². The second kappa shape index (κ2) is 6.14. The number of aliphatic carboxylic acids is 1. The molecule has 0 aromatic heterocycles. The van der Waals surface area contributed by atoms with Crippen LogP contribution in [0, 0.1) is 0 Å². The monoisotopic (exact) mass is 280 g/mol. The molecule has 0 aliphatic rings. The Kier molecular flexibility index (Phi) is 5.75. The number of carboxylic acids is 1. The Labute approximate surface area is 107 Å². The van der Waals surface area contributed by atoms with Gasteiger partial charge >= 0.3 is 5.97 Å². The van der Waals surface area contributed by atoms with E-state index in [-0.39, 0.29) is 5.75 Å². The van der Waals surface area contributed by atoms with Gasteiger partial charge in [0, 0.05) is 0 Å². The van der Waals surface area contributed by atoms with Crippen LogP contribution in [0.1, 0.15) is 34.1 Å². The number of carbonyl (C=O) groups is 2. The van der Waals surface area contributed by atoms with E-state index in [4.69, 9.17) is 5.11 Å². The number of amides is 1. The van der Waals surface area contributed by atoms with E-state index in [9.17, 15) is 18.0 Å². The van der Waals surface area contributed by atoms with Crippen molar-refractivity contribution in [3.8, 4) is 0 Å². The largest absolute Gasteiger partial charge is 0.480 e. The Morgan fingerprint density at radius 3 is 2.22 bits per heavy atom. The van der Waals surface area contributed by atoms with E-state index in [1.807, 2.05) is 0 Å². The molecule has 0 radical (unpaired) electrons. The van der Waals surface area contributed by atoms with Crippen LogP contribution in [-0.2, 0) is 19.6 Å². The van der Waals surface area contributed by atoms with E-state index in [2.05, 4.69) is 10.0 Å². The van der Waals surface area contributed by atoms with Crippen LogP contribution in [0.25, 0.3) is 0 Å². The molecule has 1 amide bonds. The zero-order chi connectivity index (χ0) is 14.6. The van der Waals surface area contributed by atoms with Gasteiger partial charge in [0.2, 0.25) is 15.9 Å². The van der Waals surface area contributed by atoms with Crippen LogP contribution in [0.3, 0.4) is 0 Å². The van der Waals surface area contributed by atoms with Gasteiger partial charge in [-0.3, -0.25) is 4.79 Å². The molecular formula is C10H20N2O5S. The van der Waals surface area contributed by atoms with Gasteiger partial charge in [-0.1, -0.05) is 6.92 Å². The van der Waals surface area contributed by atoms with E-state index >= 15 is 0 Å². The predicted octanol–water partition coefficient (Wildman–Crippen LogP) is -0.316. The van der Waals surface area contributed by atoms with E-state index in [0.717, 1.165) is 0 Å². The van der Waals surface area contributed by atoms with Gasteiger partial charge in [0.25, 0.3) is 0 Å². The van der Waals surface area contributed by atoms with Crippen molar-refractivity contribution >= 4 is 21.9 Å². The van der Waals surface area contributed by atoms with Crippen LogP contribution in [0.4, 0.5) is 0 Å². The fourth-order valence-corrected chi connectivity index (χ4v) is 2.42. The van der Waals surface area contributed by atoms with Gasteiger partial charge in [0.15, 0.2) is 0 Å². The Morgan fingerprint density at radius 1 is 1.33 bits per heavy atom.